The van der Waals surface area contributed by atoms with Crippen LogP contribution in [0.3, 0.4) is 0 Å². The molecule has 0 atom stereocenters. The first-order valence-corrected chi connectivity index (χ1v) is 9.53. The quantitative estimate of drug-likeness (QED) is 0.753. The molecule has 0 spiro atoms. The van der Waals surface area contributed by atoms with Gasteiger partial charge in [-0.3, -0.25) is 4.79 Å². The van der Waals surface area contributed by atoms with Crippen LogP contribution in [0.2, 0.25) is 0 Å². The molecule has 0 radical (unpaired) electrons. The van der Waals surface area contributed by atoms with Crippen molar-refractivity contribution in [3.63, 3.8) is 0 Å². The Bertz CT molecular complexity index is 534. The molecule has 4 rings (SSSR count). The van der Waals surface area contributed by atoms with Crippen molar-refractivity contribution < 1.29 is 4.79 Å². The summed E-state index contributed by atoms with van der Waals surface area (Å²) in [7, 11) is 0. The van der Waals surface area contributed by atoms with E-state index in [0.29, 0.717) is 23.9 Å². The van der Waals surface area contributed by atoms with Crippen LogP contribution in [0.4, 0.5) is 0 Å². The minimum atomic E-state index is 0.282. The van der Waals surface area contributed by atoms with Gasteiger partial charge in [-0.1, -0.05) is 31.0 Å². The molecule has 3 aliphatic carbocycles. The van der Waals surface area contributed by atoms with Crippen LogP contribution in [-0.2, 0) is 4.79 Å². The van der Waals surface area contributed by atoms with Crippen LogP contribution < -0.4 is 0 Å². The van der Waals surface area contributed by atoms with E-state index < -0.39 is 0 Å². The number of nitrogens with zero attached hydrogens (tertiary/aromatic N) is 5. The van der Waals surface area contributed by atoms with E-state index in [1.807, 2.05) is 4.68 Å². The van der Waals surface area contributed by atoms with E-state index in [2.05, 4.69) is 20.4 Å². The fourth-order valence-corrected chi connectivity index (χ4v) is 4.26. The Morgan fingerprint density at radius 3 is 2.50 bits per heavy atom. The van der Waals surface area contributed by atoms with Crippen molar-refractivity contribution in [1.82, 2.24) is 25.1 Å². The van der Waals surface area contributed by atoms with Gasteiger partial charge in [-0.05, 0) is 49.0 Å². The second-order valence-electron chi connectivity index (χ2n) is 6.75. The molecule has 0 N–H and O–H groups in total. The summed E-state index contributed by atoms with van der Waals surface area (Å²) in [6.07, 6.45) is 10.9. The normalized spacial score (nSPS) is 22.7. The summed E-state index contributed by atoms with van der Waals surface area (Å²) in [5.41, 5.74) is 0. The van der Waals surface area contributed by atoms with Crippen LogP contribution in [0.25, 0.3) is 0 Å². The smallest absolute Gasteiger partial charge is 0.233 e. The molecule has 22 heavy (non-hydrogen) atoms. The van der Waals surface area contributed by atoms with Crippen molar-refractivity contribution in [1.29, 1.82) is 0 Å². The molecular weight excluding hydrogens is 298 g/mol. The summed E-state index contributed by atoms with van der Waals surface area (Å²) < 4.78 is 1.89. The van der Waals surface area contributed by atoms with Crippen LogP contribution >= 0.6 is 11.8 Å². The Hall–Kier alpha value is -1.11. The number of aromatic nitrogens is 4. The summed E-state index contributed by atoms with van der Waals surface area (Å²) in [6.45, 7) is 0. The van der Waals surface area contributed by atoms with Gasteiger partial charge in [-0.15, -0.1) is 5.10 Å². The summed E-state index contributed by atoms with van der Waals surface area (Å²) in [6, 6.07) is 1.45. The minimum absolute atomic E-state index is 0.282. The van der Waals surface area contributed by atoms with E-state index >= 15 is 0 Å². The van der Waals surface area contributed by atoms with Crippen molar-refractivity contribution in [2.45, 2.75) is 81.1 Å². The molecule has 1 aromatic heterocycles. The van der Waals surface area contributed by atoms with Gasteiger partial charge in [0.1, 0.15) is 0 Å². The third-order valence-corrected chi connectivity index (χ3v) is 5.79. The molecule has 0 aliphatic heterocycles. The zero-order valence-corrected chi connectivity index (χ0v) is 13.7. The Morgan fingerprint density at radius 1 is 1.09 bits per heavy atom. The van der Waals surface area contributed by atoms with E-state index in [9.17, 15) is 4.79 Å². The average Bonchev–Trinajstić information content (AvgIpc) is 3.47. The van der Waals surface area contributed by atoms with E-state index in [1.54, 1.807) is 0 Å². The summed E-state index contributed by atoms with van der Waals surface area (Å²) >= 11 is 1.50. The molecule has 3 saturated carbocycles. The highest BCUT2D eigenvalue weighted by Gasteiger charge is 2.37. The number of tetrazole rings is 1. The summed E-state index contributed by atoms with van der Waals surface area (Å²) in [5.74, 6) is 0.754. The van der Waals surface area contributed by atoms with E-state index in [4.69, 9.17) is 0 Å². The Morgan fingerprint density at radius 2 is 1.82 bits per heavy atom. The lowest BCUT2D eigenvalue weighted by Crippen LogP contribution is -2.44. The highest BCUT2D eigenvalue weighted by Crippen LogP contribution is 2.37. The monoisotopic (exact) mass is 321 g/mol. The molecule has 3 fully saturated rings. The first kappa shape index (κ1) is 14.5. The molecule has 120 valence electrons. The predicted octanol–water partition coefficient (Wildman–Crippen LogP) is 2.42. The van der Waals surface area contributed by atoms with Crippen molar-refractivity contribution in [2.24, 2.45) is 0 Å². The maximum Gasteiger partial charge on any atom is 0.233 e. The van der Waals surface area contributed by atoms with Crippen LogP contribution in [-0.4, -0.2) is 48.9 Å². The molecule has 3 aliphatic rings. The van der Waals surface area contributed by atoms with Gasteiger partial charge in [0.15, 0.2) is 0 Å². The summed E-state index contributed by atoms with van der Waals surface area (Å²) in [4.78, 5) is 14.9. The zero-order valence-electron chi connectivity index (χ0n) is 12.9. The third kappa shape index (κ3) is 3.14. The van der Waals surface area contributed by atoms with Gasteiger partial charge in [-0.2, -0.15) is 0 Å². The van der Waals surface area contributed by atoms with Gasteiger partial charge < -0.3 is 4.90 Å². The largest absolute Gasteiger partial charge is 0.336 e. The van der Waals surface area contributed by atoms with E-state index in [-0.39, 0.29) is 5.91 Å². The molecule has 6 nitrogen and oxygen atoms in total. The standard InChI is InChI=1S/C15H23N5OS/c21-14(10-22-15-16-17-18-20(15)13-8-9-13)19(12-6-7-12)11-4-2-1-3-5-11/h11-13H,1-10H2. The lowest BCUT2D eigenvalue weighted by atomic mass is 9.94. The van der Waals surface area contributed by atoms with Gasteiger partial charge in [0, 0.05) is 12.1 Å². The molecule has 1 amide bonds. The number of hydrogen-bond acceptors (Lipinski definition) is 5. The van der Waals surface area contributed by atoms with Crippen molar-refractivity contribution in [3.05, 3.63) is 0 Å². The Labute approximate surface area is 135 Å². The fourth-order valence-electron chi connectivity index (χ4n) is 3.45. The second-order valence-corrected chi connectivity index (χ2v) is 7.69. The minimum Gasteiger partial charge on any atom is -0.336 e. The van der Waals surface area contributed by atoms with Gasteiger partial charge in [0.05, 0.1) is 11.8 Å². The number of carbonyl (C=O) groups excluding carboxylic acids is 1. The molecule has 7 heteroatoms. The highest BCUT2D eigenvalue weighted by molar-refractivity contribution is 7.99. The molecule has 0 saturated heterocycles. The van der Waals surface area contributed by atoms with Crippen LogP contribution in [0.1, 0.15) is 63.8 Å². The lowest BCUT2D eigenvalue weighted by Gasteiger charge is -2.34. The third-order valence-electron chi connectivity index (χ3n) is 4.88. The summed E-state index contributed by atoms with van der Waals surface area (Å²) in [5, 5.41) is 12.7. The Kier molecular flexibility index (Phi) is 4.07. The molecule has 1 heterocycles. The fraction of sp³-hybridized carbons (Fsp3) is 0.867. The van der Waals surface area contributed by atoms with Crippen molar-refractivity contribution >= 4 is 17.7 Å². The number of amides is 1. The van der Waals surface area contributed by atoms with Gasteiger partial charge in [0.2, 0.25) is 11.1 Å². The van der Waals surface area contributed by atoms with Crippen LogP contribution in [0.5, 0.6) is 0 Å². The average molecular weight is 321 g/mol. The zero-order chi connectivity index (χ0) is 14.9. The Balaban J connectivity index is 1.38. The SMILES string of the molecule is O=C(CSc1nnnn1C1CC1)N(C1CCCCC1)C1CC1. The van der Waals surface area contributed by atoms with Gasteiger partial charge >= 0.3 is 0 Å². The molecule has 0 aromatic carbocycles. The van der Waals surface area contributed by atoms with Crippen molar-refractivity contribution in [2.75, 3.05) is 5.75 Å². The number of rotatable bonds is 6. The first-order chi connectivity index (χ1) is 10.8. The number of hydrogen-bond donors (Lipinski definition) is 0. The maximum absolute atomic E-state index is 12.7. The molecular formula is C15H23N5OS. The second kappa shape index (κ2) is 6.18. The highest BCUT2D eigenvalue weighted by atomic mass is 32.2. The topological polar surface area (TPSA) is 63.9 Å². The predicted molar refractivity (Wildman–Crippen MR) is 83.6 cm³/mol. The van der Waals surface area contributed by atoms with Crippen LogP contribution in [0.15, 0.2) is 5.16 Å². The maximum atomic E-state index is 12.7. The number of carbonyl (C=O) groups is 1. The lowest BCUT2D eigenvalue weighted by molar-refractivity contribution is -0.132. The van der Waals surface area contributed by atoms with Crippen molar-refractivity contribution in [3.8, 4) is 0 Å². The van der Waals surface area contributed by atoms with E-state index in [0.717, 1.165) is 18.0 Å². The van der Waals surface area contributed by atoms with Crippen LogP contribution in [0, 0.1) is 0 Å². The number of thioether (sulfide) groups is 1. The van der Waals surface area contributed by atoms with Gasteiger partial charge in [0.25, 0.3) is 0 Å². The van der Waals surface area contributed by atoms with Gasteiger partial charge in [-0.25, -0.2) is 4.68 Å². The first-order valence-electron chi connectivity index (χ1n) is 8.55. The molecule has 0 bridgehead atoms. The van der Waals surface area contributed by atoms with E-state index in [1.165, 1.54) is 56.7 Å². The molecule has 1 aromatic rings. The molecule has 0 unspecified atom stereocenters.